The molecule has 3 aromatic carbocycles. The van der Waals surface area contributed by atoms with Crippen LogP contribution in [0.25, 0.3) is 11.0 Å². The summed E-state index contributed by atoms with van der Waals surface area (Å²) < 4.78 is 8.02. The number of hydrogen-bond donors (Lipinski definition) is 2. The van der Waals surface area contributed by atoms with Crippen LogP contribution < -0.4 is 15.8 Å². The van der Waals surface area contributed by atoms with Gasteiger partial charge in [0.25, 0.3) is 0 Å². The van der Waals surface area contributed by atoms with E-state index in [1.807, 2.05) is 83.4 Å². The summed E-state index contributed by atoms with van der Waals surface area (Å²) >= 11 is 0. The van der Waals surface area contributed by atoms with E-state index in [0.29, 0.717) is 23.9 Å². The molecule has 1 aliphatic rings. The number of fused-ring (bicyclic) bond motifs is 3. The highest BCUT2D eigenvalue weighted by molar-refractivity contribution is 5.80. The lowest BCUT2D eigenvalue weighted by Crippen LogP contribution is -2.27. The molecule has 0 saturated heterocycles. The van der Waals surface area contributed by atoms with Crippen molar-refractivity contribution in [2.24, 2.45) is 5.73 Å². The number of nitrogens with zero attached hydrogens (tertiary/aromatic N) is 3. The molecule has 1 aliphatic heterocycles. The number of nitriles is 1. The zero-order chi connectivity index (χ0) is 20.5. The van der Waals surface area contributed by atoms with Crippen molar-refractivity contribution in [1.29, 1.82) is 5.26 Å². The largest absolute Gasteiger partial charge is 0.489 e. The van der Waals surface area contributed by atoms with Crippen LogP contribution in [0.2, 0.25) is 0 Å². The van der Waals surface area contributed by atoms with E-state index in [-0.39, 0.29) is 6.04 Å². The standard InChI is InChI=1S/C24H19N5O/c25-14-19-22(29-21-12-5-4-11-20(21)27-24(29)28-23(19)26)17-9-6-10-18(13-17)30-15-16-7-2-1-3-8-16/h1-13,22H,15,26H2,(H,27,28). The molecule has 146 valence electrons. The van der Waals surface area contributed by atoms with Crippen molar-refractivity contribution >= 4 is 17.0 Å². The minimum atomic E-state index is -0.390. The molecule has 5 rings (SSSR count). The fourth-order valence-electron chi connectivity index (χ4n) is 3.81. The van der Waals surface area contributed by atoms with Crippen LogP contribution in [-0.4, -0.2) is 9.55 Å². The van der Waals surface area contributed by atoms with E-state index in [1.54, 1.807) is 0 Å². The van der Waals surface area contributed by atoms with Gasteiger partial charge in [-0.1, -0.05) is 54.6 Å². The summed E-state index contributed by atoms with van der Waals surface area (Å²) in [5.74, 6) is 1.67. The summed E-state index contributed by atoms with van der Waals surface area (Å²) in [4.78, 5) is 4.64. The van der Waals surface area contributed by atoms with E-state index in [1.165, 1.54) is 0 Å². The lowest BCUT2D eigenvalue weighted by molar-refractivity contribution is 0.305. The normalized spacial score (nSPS) is 15.4. The van der Waals surface area contributed by atoms with Crippen LogP contribution in [0.3, 0.4) is 0 Å². The Kier molecular flexibility index (Phi) is 4.34. The first-order valence-corrected chi connectivity index (χ1v) is 9.65. The zero-order valence-electron chi connectivity index (χ0n) is 16.1. The average molecular weight is 393 g/mol. The Morgan fingerprint density at radius 1 is 1.03 bits per heavy atom. The van der Waals surface area contributed by atoms with Crippen molar-refractivity contribution < 1.29 is 4.74 Å². The van der Waals surface area contributed by atoms with Crippen LogP contribution in [0.4, 0.5) is 5.95 Å². The molecule has 0 saturated carbocycles. The minimum Gasteiger partial charge on any atom is -0.489 e. The molecule has 1 atom stereocenters. The van der Waals surface area contributed by atoms with Gasteiger partial charge in [0.15, 0.2) is 0 Å². The molecule has 0 aliphatic carbocycles. The highest BCUT2D eigenvalue weighted by Gasteiger charge is 2.31. The topological polar surface area (TPSA) is 88.9 Å². The van der Waals surface area contributed by atoms with Gasteiger partial charge in [0.05, 0.1) is 16.6 Å². The summed E-state index contributed by atoms with van der Waals surface area (Å²) in [6.07, 6.45) is 0. The lowest BCUT2D eigenvalue weighted by Gasteiger charge is -2.27. The number of nitrogens with two attached hydrogens (primary N) is 1. The Morgan fingerprint density at radius 3 is 2.67 bits per heavy atom. The van der Waals surface area contributed by atoms with E-state index in [9.17, 15) is 5.26 Å². The fourth-order valence-corrected chi connectivity index (χ4v) is 3.81. The number of para-hydroxylation sites is 2. The molecule has 0 bridgehead atoms. The fraction of sp³-hybridized carbons (Fsp3) is 0.0833. The van der Waals surface area contributed by atoms with Crippen molar-refractivity contribution in [2.45, 2.75) is 12.6 Å². The van der Waals surface area contributed by atoms with Gasteiger partial charge in [-0.2, -0.15) is 5.26 Å². The number of rotatable bonds is 4. The van der Waals surface area contributed by atoms with E-state index >= 15 is 0 Å². The third kappa shape index (κ3) is 3.03. The monoisotopic (exact) mass is 393 g/mol. The van der Waals surface area contributed by atoms with Crippen LogP contribution in [0.15, 0.2) is 90.3 Å². The summed E-state index contributed by atoms with van der Waals surface area (Å²) in [7, 11) is 0. The Balaban J connectivity index is 1.57. The molecule has 6 nitrogen and oxygen atoms in total. The van der Waals surface area contributed by atoms with Gasteiger partial charge < -0.3 is 15.8 Å². The second kappa shape index (κ2) is 7.30. The molecule has 3 N–H and O–H groups in total. The average Bonchev–Trinajstić information content (AvgIpc) is 3.15. The predicted molar refractivity (Wildman–Crippen MR) is 116 cm³/mol. The van der Waals surface area contributed by atoms with Crippen molar-refractivity contribution in [3.63, 3.8) is 0 Å². The summed E-state index contributed by atoms with van der Waals surface area (Å²) in [5.41, 5.74) is 10.4. The number of allylic oxidation sites excluding steroid dienone is 1. The number of imidazole rings is 1. The van der Waals surface area contributed by atoms with Crippen molar-refractivity contribution in [3.05, 3.63) is 101 Å². The predicted octanol–water partition coefficient (Wildman–Crippen LogP) is 4.32. The quantitative estimate of drug-likeness (QED) is 0.539. The molecular weight excluding hydrogens is 374 g/mol. The molecule has 4 aromatic rings. The first kappa shape index (κ1) is 17.8. The highest BCUT2D eigenvalue weighted by Crippen LogP contribution is 2.38. The van der Waals surface area contributed by atoms with Crippen LogP contribution in [-0.2, 0) is 6.61 Å². The molecule has 0 spiro atoms. The number of nitrogens with one attached hydrogen (secondary N) is 1. The molecule has 30 heavy (non-hydrogen) atoms. The van der Waals surface area contributed by atoms with Gasteiger partial charge >= 0.3 is 0 Å². The van der Waals surface area contributed by atoms with Crippen LogP contribution in [0.1, 0.15) is 17.2 Å². The number of hydrogen-bond acceptors (Lipinski definition) is 5. The second-order valence-corrected chi connectivity index (χ2v) is 7.11. The van der Waals surface area contributed by atoms with E-state index in [2.05, 4.69) is 16.4 Å². The first-order valence-electron chi connectivity index (χ1n) is 9.65. The SMILES string of the molecule is N#CC1=C(N)Nc2nc3ccccc3n2C1c1cccc(OCc2ccccc2)c1. The molecule has 0 radical (unpaired) electrons. The van der Waals surface area contributed by atoms with Gasteiger partial charge in [0.1, 0.15) is 30.3 Å². The summed E-state index contributed by atoms with van der Waals surface area (Å²) in [6, 6.07) is 27.5. The Labute approximate surface area is 173 Å². The molecule has 0 amide bonds. The maximum atomic E-state index is 9.86. The maximum absolute atomic E-state index is 9.86. The maximum Gasteiger partial charge on any atom is 0.210 e. The molecule has 1 unspecified atom stereocenters. The molecule has 1 aromatic heterocycles. The summed E-state index contributed by atoms with van der Waals surface area (Å²) in [5, 5.41) is 12.9. The third-order valence-corrected chi connectivity index (χ3v) is 5.21. The van der Waals surface area contributed by atoms with Gasteiger partial charge in [-0.3, -0.25) is 4.57 Å². The Bertz CT molecular complexity index is 1300. The molecule has 2 heterocycles. The van der Waals surface area contributed by atoms with Crippen molar-refractivity contribution in [3.8, 4) is 11.8 Å². The molecule has 0 fully saturated rings. The van der Waals surface area contributed by atoms with Crippen LogP contribution >= 0.6 is 0 Å². The first-order chi connectivity index (χ1) is 14.7. The van der Waals surface area contributed by atoms with Crippen LogP contribution in [0.5, 0.6) is 5.75 Å². The summed E-state index contributed by atoms with van der Waals surface area (Å²) in [6.45, 7) is 0.471. The van der Waals surface area contributed by atoms with Gasteiger partial charge in [0, 0.05) is 0 Å². The second-order valence-electron chi connectivity index (χ2n) is 7.11. The van der Waals surface area contributed by atoms with Crippen LogP contribution in [0, 0.1) is 11.3 Å². The number of benzene rings is 3. The lowest BCUT2D eigenvalue weighted by atomic mass is 9.97. The van der Waals surface area contributed by atoms with Gasteiger partial charge in [-0.05, 0) is 35.4 Å². The van der Waals surface area contributed by atoms with E-state index < -0.39 is 0 Å². The smallest absolute Gasteiger partial charge is 0.210 e. The number of aromatic nitrogens is 2. The van der Waals surface area contributed by atoms with Gasteiger partial charge in [-0.25, -0.2) is 4.98 Å². The number of ether oxygens (including phenoxy) is 1. The highest BCUT2D eigenvalue weighted by atomic mass is 16.5. The van der Waals surface area contributed by atoms with Crippen molar-refractivity contribution in [2.75, 3.05) is 5.32 Å². The van der Waals surface area contributed by atoms with E-state index in [4.69, 9.17) is 10.5 Å². The molecule has 6 heteroatoms. The van der Waals surface area contributed by atoms with Gasteiger partial charge in [0.2, 0.25) is 5.95 Å². The van der Waals surface area contributed by atoms with Crippen molar-refractivity contribution in [1.82, 2.24) is 9.55 Å². The molecular formula is C24H19N5O. The third-order valence-electron chi connectivity index (χ3n) is 5.21. The Hall–Kier alpha value is -4.24. The minimum absolute atomic E-state index is 0.320. The van der Waals surface area contributed by atoms with E-state index in [0.717, 1.165) is 27.9 Å². The Morgan fingerprint density at radius 2 is 1.83 bits per heavy atom. The van der Waals surface area contributed by atoms with Gasteiger partial charge in [-0.15, -0.1) is 0 Å². The number of anilines is 1. The zero-order valence-corrected chi connectivity index (χ0v) is 16.1.